The van der Waals surface area contributed by atoms with Crippen molar-refractivity contribution in [3.8, 4) is 0 Å². The highest BCUT2D eigenvalue weighted by Crippen LogP contribution is 2.06. The third kappa shape index (κ3) is 6.15. The second-order valence-electron chi connectivity index (χ2n) is 2.89. The molecule has 0 amide bonds. The molecular weight excluding hydrogens is 216 g/mol. The fraction of sp³-hybridized carbons (Fsp3) is 0.600. The molecule has 0 heterocycles. The molecule has 0 aromatic heterocycles. The van der Waals surface area contributed by atoms with E-state index in [0.29, 0.717) is 0 Å². The SMILES string of the molecule is CCC(=O)OC(=CC(O)CO)OC(=O)CC. The number of hydrogen-bond acceptors (Lipinski definition) is 6. The summed E-state index contributed by atoms with van der Waals surface area (Å²) in [5.74, 6) is -1.60. The maximum Gasteiger partial charge on any atom is 0.313 e. The van der Waals surface area contributed by atoms with Gasteiger partial charge in [0.1, 0.15) is 6.10 Å². The quantitative estimate of drug-likeness (QED) is 0.498. The third-order valence-electron chi connectivity index (χ3n) is 1.52. The second kappa shape index (κ2) is 7.84. The van der Waals surface area contributed by atoms with Gasteiger partial charge in [-0.1, -0.05) is 13.8 Å². The zero-order valence-electron chi connectivity index (χ0n) is 9.30. The van der Waals surface area contributed by atoms with Gasteiger partial charge >= 0.3 is 11.9 Å². The Morgan fingerprint density at radius 3 is 1.94 bits per heavy atom. The Bertz CT molecular complexity index is 250. The van der Waals surface area contributed by atoms with Gasteiger partial charge in [0.05, 0.1) is 6.61 Å². The predicted octanol–water partition coefficient (Wildman–Crippen LogP) is 0.0874. The summed E-state index contributed by atoms with van der Waals surface area (Å²) in [6, 6.07) is 0. The van der Waals surface area contributed by atoms with Crippen LogP contribution in [-0.4, -0.2) is 34.9 Å². The van der Waals surface area contributed by atoms with Crippen molar-refractivity contribution in [1.82, 2.24) is 0 Å². The summed E-state index contributed by atoms with van der Waals surface area (Å²) < 4.78 is 9.31. The Hall–Kier alpha value is -1.40. The average Bonchev–Trinajstić information content (AvgIpc) is 2.28. The molecule has 0 rings (SSSR count). The van der Waals surface area contributed by atoms with E-state index >= 15 is 0 Å². The Morgan fingerprint density at radius 2 is 1.62 bits per heavy atom. The van der Waals surface area contributed by atoms with Crippen LogP contribution in [-0.2, 0) is 19.1 Å². The van der Waals surface area contributed by atoms with E-state index in [1.54, 1.807) is 13.8 Å². The van der Waals surface area contributed by atoms with E-state index < -0.39 is 30.6 Å². The topological polar surface area (TPSA) is 93.1 Å². The summed E-state index contributed by atoms with van der Waals surface area (Å²) in [6.45, 7) is 2.59. The summed E-state index contributed by atoms with van der Waals surface area (Å²) in [7, 11) is 0. The minimum absolute atomic E-state index is 0.107. The molecule has 0 aromatic carbocycles. The molecule has 0 aliphatic carbocycles. The number of rotatable bonds is 6. The fourth-order valence-electron chi connectivity index (χ4n) is 0.667. The minimum atomic E-state index is -1.25. The monoisotopic (exact) mass is 232 g/mol. The van der Waals surface area contributed by atoms with Crippen molar-refractivity contribution < 1.29 is 29.3 Å². The second-order valence-corrected chi connectivity index (χ2v) is 2.89. The van der Waals surface area contributed by atoms with E-state index in [-0.39, 0.29) is 12.8 Å². The molecule has 1 unspecified atom stereocenters. The molecule has 2 N–H and O–H groups in total. The number of carbonyl (C=O) groups excluding carboxylic acids is 2. The first kappa shape index (κ1) is 14.6. The lowest BCUT2D eigenvalue weighted by Gasteiger charge is -2.09. The maximum atomic E-state index is 11.0. The van der Waals surface area contributed by atoms with Gasteiger partial charge in [0, 0.05) is 18.9 Å². The fourth-order valence-corrected chi connectivity index (χ4v) is 0.667. The van der Waals surface area contributed by atoms with Gasteiger partial charge < -0.3 is 19.7 Å². The first-order valence-electron chi connectivity index (χ1n) is 4.95. The molecule has 0 spiro atoms. The molecule has 16 heavy (non-hydrogen) atoms. The molecule has 0 aliphatic rings. The first-order valence-corrected chi connectivity index (χ1v) is 4.95. The normalized spacial score (nSPS) is 11.5. The molecular formula is C10H16O6. The summed E-state index contributed by atoms with van der Waals surface area (Å²) in [6.07, 6.45) is -0.0718. The van der Waals surface area contributed by atoms with Crippen LogP contribution in [0.25, 0.3) is 0 Å². The van der Waals surface area contributed by atoms with Crippen molar-refractivity contribution in [3.05, 3.63) is 12.0 Å². The van der Waals surface area contributed by atoms with Gasteiger partial charge in [-0.15, -0.1) is 0 Å². The number of ether oxygens (including phenoxy) is 2. The molecule has 0 aromatic rings. The van der Waals surface area contributed by atoms with Crippen LogP contribution in [0.2, 0.25) is 0 Å². The lowest BCUT2D eigenvalue weighted by atomic mass is 10.4. The summed E-state index contributed by atoms with van der Waals surface area (Å²) in [4.78, 5) is 21.9. The molecule has 0 radical (unpaired) electrons. The standard InChI is InChI=1S/C10H16O6/c1-3-8(13)15-10(5-7(12)6-11)16-9(14)4-2/h5,7,11-12H,3-4,6H2,1-2H3. The van der Waals surface area contributed by atoms with E-state index in [1.807, 2.05) is 0 Å². The van der Waals surface area contributed by atoms with Crippen molar-refractivity contribution in [3.63, 3.8) is 0 Å². The third-order valence-corrected chi connectivity index (χ3v) is 1.52. The van der Waals surface area contributed by atoms with Crippen molar-refractivity contribution in [2.24, 2.45) is 0 Å². The Labute approximate surface area is 93.5 Å². The van der Waals surface area contributed by atoms with E-state index in [2.05, 4.69) is 9.47 Å². The maximum absolute atomic E-state index is 11.0. The van der Waals surface area contributed by atoms with Gasteiger partial charge in [0.2, 0.25) is 0 Å². The van der Waals surface area contributed by atoms with E-state index in [0.717, 1.165) is 6.08 Å². The van der Waals surface area contributed by atoms with Crippen LogP contribution in [0.5, 0.6) is 0 Å². The van der Waals surface area contributed by atoms with Gasteiger partial charge in [0.15, 0.2) is 0 Å². The van der Waals surface area contributed by atoms with Crippen LogP contribution in [0.1, 0.15) is 26.7 Å². The van der Waals surface area contributed by atoms with Crippen LogP contribution in [0.15, 0.2) is 12.0 Å². The molecule has 0 saturated carbocycles. The van der Waals surface area contributed by atoms with Crippen LogP contribution in [0.4, 0.5) is 0 Å². The van der Waals surface area contributed by atoms with Crippen molar-refractivity contribution in [2.75, 3.05) is 6.61 Å². The number of carbonyl (C=O) groups is 2. The lowest BCUT2D eigenvalue weighted by molar-refractivity contribution is -0.153. The number of hydrogen-bond donors (Lipinski definition) is 2. The number of aliphatic hydroxyl groups excluding tert-OH is 2. The van der Waals surface area contributed by atoms with Crippen molar-refractivity contribution in [1.29, 1.82) is 0 Å². The molecule has 1 atom stereocenters. The highest BCUT2D eigenvalue weighted by molar-refractivity contribution is 5.72. The predicted molar refractivity (Wildman–Crippen MR) is 53.9 cm³/mol. The average molecular weight is 232 g/mol. The van der Waals surface area contributed by atoms with E-state index in [4.69, 9.17) is 10.2 Å². The Kier molecular flexibility index (Phi) is 7.15. The van der Waals surface area contributed by atoms with Crippen LogP contribution >= 0.6 is 0 Å². The van der Waals surface area contributed by atoms with E-state index in [9.17, 15) is 9.59 Å². The number of esters is 2. The smallest absolute Gasteiger partial charge is 0.313 e. The summed E-state index contributed by atoms with van der Waals surface area (Å²) >= 11 is 0. The van der Waals surface area contributed by atoms with Crippen LogP contribution < -0.4 is 0 Å². The van der Waals surface area contributed by atoms with Gasteiger partial charge in [0.25, 0.3) is 5.95 Å². The van der Waals surface area contributed by atoms with Crippen LogP contribution in [0.3, 0.4) is 0 Å². The molecule has 0 aliphatic heterocycles. The van der Waals surface area contributed by atoms with Crippen molar-refractivity contribution >= 4 is 11.9 Å². The van der Waals surface area contributed by atoms with Gasteiger partial charge in [-0.05, 0) is 0 Å². The van der Waals surface area contributed by atoms with Gasteiger partial charge in [-0.2, -0.15) is 0 Å². The molecule has 6 nitrogen and oxygen atoms in total. The molecule has 92 valence electrons. The molecule has 6 heteroatoms. The molecule has 0 saturated heterocycles. The van der Waals surface area contributed by atoms with Gasteiger partial charge in [-0.25, -0.2) is 0 Å². The first-order chi connectivity index (χ1) is 7.53. The Morgan fingerprint density at radius 1 is 1.19 bits per heavy atom. The minimum Gasteiger partial charge on any atom is -0.393 e. The zero-order chi connectivity index (χ0) is 12.6. The largest absolute Gasteiger partial charge is 0.393 e. The highest BCUT2D eigenvalue weighted by Gasteiger charge is 2.12. The zero-order valence-corrected chi connectivity index (χ0v) is 9.30. The van der Waals surface area contributed by atoms with Crippen LogP contribution in [0, 0.1) is 0 Å². The molecule has 0 bridgehead atoms. The lowest BCUT2D eigenvalue weighted by Crippen LogP contribution is -2.15. The highest BCUT2D eigenvalue weighted by atomic mass is 16.7. The molecule has 0 fully saturated rings. The summed E-state index contributed by atoms with van der Waals surface area (Å²) in [5.41, 5.74) is 0. The van der Waals surface area contributed by atoms with E-state index in [1.165, 1.54) is 0 Å². The number of aliphatic hydroxyl groups is 2. The van der Waals surface area contributed by atoms with Crippen molar-refractivity contribution in [2.45, 2.75) is 32.8 Å². The summed E-state index contributed by atoms with van der Waals surface area (Å²) in [5, 5.41) is 17.7. The Balaban J connectivity index is 4.56. The van der Waals surface area contributed by atoms with Gasteiger partial charge in [-0.3, -0.25) is 9.59 Å².